The standard InChI is InChI=1S/C50H82.3H2O/c1-2-7-15-34(14-6-1)38-22-26-42-43-27-23-39(35-16-8-3-9-17-35)31-47(43)50(46(42)30-38)48-32-40(36-18-10-4-11-19-36)24-28-44(48)45-29-25-41(33-49(45)50)37-20-12-5-13-21-37;;;/h34-49H,1-33H2;3*1H2. The van der Waals surface area contributed by atoms with E-state index in [9.17, 15) is 0 Å². The molecule has 10 saturated carbocycles. The lowest BCUT2D eigenvalue weighted by Gasteiger charge is -2.55. The SMILES string of the molecule is C1CCCC(C2CCC3C4CCC(C5CCCCC5)CC4C4(C3C2)C2CC(C3CCCCC3)CCC2C2CCC(C3CCCCC3)CC24)CC1.O.O.O. The Bertz CT molecular complexity index is 1030. The molecular weight excluding hydrogens is 649 g/mol. The van der Waals surface area contributed by atoms with Gasteiger partial charge in [-0.05, 0) is 177 Å². The van der Waals surface area contributed by atoms with Crippen molar-refractivity contribution < 1.29 is 16.4 Å². The van der Waals surface area contributed by atoms with Crippen molar-refractivity contribution in [1.82, 2.24) is 0 Å². The first-order valence-corrected chi connectivity index (χ1v) is 24.8. The fourth-order valence-corrected chi connectivity index (χ4v) is 19.2. The zero-order chi connectivity index (χ0) is 33.1. The van der Waals surface area contributed by atoms with E-state index in [0.717, 1.165) is 100 Å². The Balaban J connectivity index is 0.00000145. The van der Waals surface area contributed by atoms with Gasteiger partial charge < -0.3 is 16.4 Å². The summed E-state index contributed by atoms with van der Waals surface area (Å²) in [7, 11) is 0. The fourth-order valence-electron chi connectivity index (χ4n) is 19.2. The maximum Gasteiger partial charge on any atom is -0.0173 e. The predicted molar refractivity (Wildman–Crippen MR) is 221 cm³/mol. The van der Waals surface area contributed by atoms with Gasteiger partial charge in [0, 0.05) is 0 Å². The molecule has 3 heteroatoms. The molecule has 1 spiro atoms. The van der Waals surface area contributed by atoms with Crippen molar-refractivity contribution >= 4 is 0 Å². The molecule has 0 aromatic carbocycles. The molecule has 0 aliphatic heterocycles. The summed E-state index contributed by atoms with van der Waals surface area (Å²) in [5.74, 6) is 18.0. The van der Waals surface area contributed by atoms with Crippen molar-refractivity contribution in [2.75, 3.05) is 0 Å². The molecule has 0 amide bonds. The van der Waals surface area contributed by atoms with E-state index in [0.29, 0.717) is 0 Å². The van der Waals surface area contributed by atoms with Crippen LogP contribution in [0.1, 0.15) is 212 Å². The lowest BCUT2D eigenvalue weighted by atomic mass is 9.49. The van der Waals surface area contributed by atoms with Crippen LogP contribution in [0.2, 0.25) is 0 Å². The zero-order valence-electron chi connectivity index (χ0n) is 34.6. The topological polar surface area (TPSA) is 94.5 Å². The van der Waals surface area contributed by atoms with Crippen LogP contribution >= 0.6 is 0 Å². The Kier molecular flexibility index (Phi) is 13.8. The number of hydrogen-bond donors (Lipinski definition) is 0. The van der Waals surface area contributed by atoms with Crippen LogP contribution in [0.15, 0.2) is 0 Å². The second-order valence-corrected chi connectivity index (χ2v) is 22.3. The third-order valence-corrected chi connectivity index (χ3v) is 21.0. The maximum absolute atomic E-state index is 1.73. The lowest BCUT2D eigenvalue weighted by Crippen LogP contribution is -2.49. The van der Waals surface area contributed by atoms with Gasteiger partial charge in [-0.3, -0.25) is 0 Å². The van der Waals surface area contributed by atoms with E-state index < -0.39 is 0 Å². The summed E-state index contributed by atoms with van der Waals surface area (Å²) >= 11 is 0. The van der Waals surface area contributed by atoms with Gasteiger partial charge in [0.15, 0.2) is 0 Å². The normalized spacial score (nSPS) is 47.1. The van der Waals surface area contributed by atoms with Crippen LogP contribution in [0.25, 0.3) is 0 Å². The molecule has 0 aromatic rings. The number of rotatable bonds is 4. The average Bonchev–Trinajstić information content (AvgIpc) is 3.46. The van der Waals surface area contributed by atoms with Gasteiger partial charge in [-0.15, -0.1) is 0 Å². The van der Waals surface area contributed by atoms with Crippen molar-refractivity contribution in [3.8, 4) is 0 Å². The van der Waals surface area contributed by atoms with Gasteiger partial charge in [0.25, 0.3) is 0 Å². The Morgan fingerprint density at radius 2 is 0.415 bits per heavy atom. The summed E-state index contributed by atoms with van der Waals surface area (Å²) in [5, 5.41) is 0. The number of hydrogen-bond acceptors (Lipinski definition) is 0. The van der Waals surface area contributed by atoms with E-state index in [2.05, 4.69) is 0 Å². The van der Waals surface area contributed by atoms with Gasteiger partial charge in [0.2, 0.25) is 0 Å². The largest absolute Gasteiger partial charge is 0.412 e. The Morgan fingerprint density at radius 1 is 0.208 bits per heavy atom. The molecule has 306 valence electrons. The molecule has 6 N–H and O–H groups in total. The minimum Gasteiger partial charge on any atom is -0.412 e. The van der Waals surface area contributed by atoms with E-state index in [-0.39, 0.29) is 16.4 Å². The quantitative estimate of drug-likeness (QED) is 0.257. The highest BCUT2D eigenvalue weighted by atomic mass is 16.0. The monoisotopic (exact) mass is 737 g/mol. The zero-order valence-corrected chi connectivity index (χ0v) is 34.6. The average molecular weight is 737 g/mol. The lowest BCUT2D eigenvalue weighted by molar-refractivity contribution is -0.0740. The molecule has 0 radical (unpaired) electrons. The van der Waals surface area contributed by atoms with Gasteiger partial charge in [-0.1, -0.05) is 135 Å². The molecule has 10 aliphatic rings. The highest BCUT2D eigenvalue weighted by molar-refractivity contribution is 5.21. The Morgan fingerprint density at radius 3 is 0.642 bits per heavy atom. The van der Waals surface area contributed by atoms with Crippen molar-refractivity contribution in [1.29, 1.82) is 0 Å². The molecular formula is C50H88O3. The fraction of sp³-hybridized carbons (Fsp3) is 1.00. The van der Waals surface area contributed by atoms with Crippen LogP contribution in [0.5, 0.6) is 0 Å². The van der Waals surface area contributed by atoms with Crippen molar-refractivity contribution in [3.63, 3.8) is 0 Å². The van der Waals surface area contributed by atoms with E-state index >= 15 is 0 Å². The van der Waals surface area contributed by atoms with Crippen LogP contribution < -0.4 is 0 Å². The summed E-state index contributed by atoms with van der Waals surface area (Å²) in [6.07, 6.45) is 53.3. The molecule has 12 atom stereocenters. The van der Waals surface area contributed by atoms with Crippen LogP contribution in [0.4, 0.5) is 0 Å². The maximum atomic E-state index is 1.73. The van der Waals surface area contributed by atoms with Gasteiger partial charge in [-0.2, -0.15) is 0 Å². The second-order valence-electron chi connectivity index (χ2n) is 22.3. The van der Waals surface area contributed by atoms with Crippen LogP contribution in [-0.4, -0.2) is 16.4 Å². The van der Waals surface area contributed by atoms with Gasteiger partial charge in [-0.25, -0.2) is 0 Å². The minimum absolute atomic E-state index is 0. The molecule has 10 rings (SSSR count). The first-order chi connectivity index (χ1) is 24.8. The van der Waals surface area contributed by atoms with Crippen LogP contribution in [0.3, 0.4) is 0 Å². The molecule has 0 heterocycles. The minimum atomic E-state index is 0. The van der Waals surface area contributed by atoms with E-state index in [1.165, 1.54) is 0 Å². The molecule has 0 aromatic heterocycles. The van der Waals surface area contributed by atoms with Gasteiger partial charge in [0.1, 0.15) is 0 Å². The molecule has 10 aliphatic carbocycles. The van der Waals surface area contributed by atoms with Crippen LogP contribution in [0, 0.1) is 100 Å². The highest BCUT2D eigenvalue weighted by Crippen LogP contribution is 2.79. The second kappa shape index (κ2) is 17.8. The van der Waals surface area contributed by atoms with Crippen LogP contribution in [-0.2, 0) is 0 Å². The molecule has 0 saturated heterocycles. The third kappa shape index (κ3) is 7.31. The van der Waals surface area contributed by atoms with Gasteiger partial charge >= 0.3 is 0 Å². The van der Waals surface area contributed by atoms with E-state index in [1.54, 1.807) is 212 Å². The summed E-state index contributed by atoms with van der Waals surface area (Å²) in [4.78, 5) is 0. The third-order valence-electron chi connectivity index (χ3n) is 21.0. The van der Waals surface area contributed by atoms with Crippen molar-refractivity contribution in [2.24, 2.45) is 100 Å². The molecule has 3 nitrogen and oxygen atoms in total. The molecule has 12 unspecified atom stereocenters. The van der Waals surface area contributed by atoms with E-state index in [1.807, 2.05) is 0 Å². The first-order valence-electron chi connectivity index (χ1n) is 24.8. The Hall–Kier alpha value is -0.120. The Labute approximate surface area is 327 Å². The molecule has 0 bridgehead atoms. The van der Waals surface area contributed by atoms with E-state index in [4.69, 9.17) is 0 Å². The molecule has 10 fully saturated rings. The highest BCUT2D eigenvalue weighted by Gasteiger charge is 2.73. The number of fused-ring (bicyclic) bond motifs is 10. The first kappa shape index (κ1) is 41.1. The van der Waals surface area contributed by atoms with Crippen molar-refractivity contribution in [2.45, 2.75) is 212 Å². The summed E-state index contributed by atoms with van der Waals surface area (Å²) in [6.45, 7) is 0. The summed E-state index contributed by atoms with van der Waals surface area (Å²) in [5.41, 5.74) is 0.766. The predicted octanol–water partition coefficient (Wildman–Crippen LogP) is 12.4. The molecule has 53 heavy (non-hydrogen) atoms. The van der Waals surface area contributed by atoms with Crippen molar-refractivity contribution in [3.05, 3.63) is 0 Å². The summed E-state index contributed by atoms with van der Waals surface area (Å²) in [6, 6.07) is 0. The van der Waals surface area contributed by atoms with Gasteiger partial charge in [0.05, 0.1) is 0 Å². The smallest absolute Gasteiger partial charge is 0.0173 e. The summed E-state index contributed by atoms with van der Waals surface area (Å²) < 4.78 is 0.